The molecule has 0 aliphatic carbocycles. The van der Waals surface area contributed by atoms with Gasteiger partial charge < -0.3 is 10.4 Å². The molecule has 1 saturated heterocycles. The maximum atomic E-state index is 12.9. The number of Topliss-reactive ketones (excluding diaryl/α,β-unsaturated/α-hetero) is 1. The third kappa shape index (κ3) is 4.68. The van der Waals surface area contributed by atoms with Gasteiger partial charge >= 0.3 is 0 Å². The highest BCUT2D eigenvalue weighted by Gasteiger charge is 2.31. The van der Waals surface area contributed by atoms with Crippen LogP contribution in [0.2, 0.25) is 0 Å². The Bertz CT molecular complexity index is 1170. The summed E-state index contributed by atoms with van der Waals surface area (Å²) >= 11 is 0. The van der Waals surface area contributed by atoms with E-state index in [1.165, 1.54) is 17.8 Å². The van der Waals surface area contributed by atoms with Crippen molar-refractivity contribution in [2.45, 2.75) is 62.8 Å². The van der Waals surface area contributed by atoms with Crippen molar-refractivity contribution in [2.24, 2.45) is 0 Å². The van der Waals surface area contributed by atoms with Crippen LogP contribution in [0.3, 0.4) is 0 Å². The van der Waals surface area contributed by atoms with E-state index in [0.29, 0.717) is 31.1 Å². The molecular weight excluding hydrogens is 414 g/mol. The Labute approximate surface area is 193 Å². The monoisotopic (exact) mass is 443 g/mol. The smallest absolute Gasteiger partial charge is 0.254 e. The van der Waals surface area contributed by atoms with E-state index in [2.05, 4.69) is 22.4 Å². The first kappa shape index (κ1) is 21.7. The van der Waals surface area contributed by atoms with Gasteiger partial charge in [-0.1, -0.05) is 54.6 Å². The van der Waals surface area contributed by atoms with Crippen molar-refractivity contribution in [3.05, 3.63) is 99.7 Å². The van der Waals surface area contributed by atoms with Crippen LogP contribution >= 0.6 is 0 Å². The van der Waals surface area contributed by atoms with Gasteiger partial charge in [0.2, 0.25) is 0 Å². The molecule has 3 aromatic rings. The van der Waals surface area contributed by atoms with E-state index in [1.54, 1.807) is 4.57 Å². The molecule has 0 radical (unpaired) electrons. The van der Waals surface area contributed by atoms with Crippen LogP contribution in [0.15, 0.2) is 71.7 Å². The first-order valence-corrected chi connectivity index (χ1v) is 11.7. The highest BCUT2D eigenvalue weighted by molar-refractivity contribution is 5.85. The molecule has 3 heterocycles. The zero-order chi connectivity index (χ0) is 22.8. The van der Waals surface area contributed by atoms with Crippen molar-refractivity contribution in [3.63, 3.8) is 0 Å². The molecule has 0 bridgehead atoms. The lowest BCUT2D eigenvalue weighted by Crippen LogP contribution is -2.35. The number of carbonyl (C=O) groups is 1. The summed E-state index contributed by atoms with van der Waals surface area (Å²) in [4.78, 5) is 29.3. The second-order valence-corrected chi connectivity index (χ2v) is 9.19. The largest absolute Gasteiger partial charge is 0.387 e. The Kier molecular flexibility index (Phi) is 6.20. The second-order valence-electron chi connectivity index (χ2n) is 9.19. The number of aliphatic hydroxyl groups is 1. The topological polar surface area (TPSA) is 84.2 Å². The summed E-state index contributed by atoms with van der Waals surface area (Å²) in [5.74, 6) is 0.766. The first-order chi connectivity index (χ1) is 16.1. The van der Waals surface area contributed by atoms with Gasteiger partial charge in [0.25, 0.3) is 5.56 Å². The number of aryl methyl sites for hydroxylation is 1. The van der Waals surface area contributed by atoms with Crippen molar-refractivity contribution >= 4 is 5.78 Å². The average molecular weight is 444 g/mol. The summed E-state index contributed by atoms with van der Waals surface area (Å²) in [6.45, 7) is 0. The van der Waals surface area contributed by atoms with Gasteiger partial charge in [0, 0.05) is 37.2 Å². The normalized spacial score (nSPS) is 22.8. The molecular formula is C27H29N3O3. The summed E-state index contributed by atoms with van der Waals surface area (Å²) in [6.07, 6.45) is 5.52. The molecule has 2 aromatic carbocycles. The molecule has 2 aliphatic heterocycles. The molecule has 0 spiro atoms. The molecule has 2 aliphatic rings. The quantitative estimate of drug-likeness (QED) is 0.587. The standard InChI is InChI=1S/C27H29N3O3/c31-24(23-12-13-25-28-15-14-26(32)30(23)25)17-19-8-6-18(7-9-19)16-21-10-11-22(29-21)27(33)20-4-2-1-3-5-20/h1-9,14-15,21-23,27,29,33H,10-13,16-17H2/t21-,22+,23-,27+/m0/s1. The fourth-order valence-electron chi connectivity index (χ4n) is 5.21. The van der Waals surface area contributed by atoms with Crippen molar-refractivity contribution in [1.82, 2.24) is 14.9 Å². The molecule has 6 heteroatoms. The minimum absolute atomic E-state index is 0.0619. The van der Waals surface area contributed by atoms with Gasteiger partial charge in [0.05, 0.1) is 12.1 Å². The number of hydrogen-bond acceptors (Lipinski definition) is 5. The lowest BCUT2D eigenvalue weighted by Gasteiger charge is -2.20. The van der Waals surface area contributed by atoms with E-state index in [1.807, 2.05) is 42.5 Å². The SMILES string of the molecule is O=C(Cc1ccc(C[C@@H]2CC[C@H]([C@H](O)c3ccccc3)N2)cc1)[C@@H]1CCc2nccc(=O)n21. The number of fused-ring (bicyclic) bond motifs is 1. The van der Waals surface area contributed by atoms with Gasteiger partial charge in [-0.05, 0) is 42.4 Å². The predicted molar refractivity (Wildman–Crippen MR) is 126 cm³/mol. The third-order valence-corrected chi connectivity index (χ3v) is 6.96. The van der Waals surface area contributed by atoms with Gasteiger partial charge in [-0.15, -0.1) is 0 Å². The number of benzene rings is 2. The third-order valence-electron chi connectivity index (χ3n) is 6.96. The van der Waals surface area contributed by atoms with E-state index < -0.39 is 12.1 Å². The zero-order valence-corrected chi connectivity index (χ0v) is 18.6. The first-order valence-electron chi connectivity index (χ1n) is 11.7. The van der Waals surface area contributed by atoms with Crippen molar-refractivity contribution in [1.29, 1.82) is 0 Å². The lowest BCUT2D eigenvalue weighted by molar-refractivity contribution is -0.121. The number of rotatable bonds is 7. The highest BCUT2D eigenvalue weighted by Crippen LogP contribution is 2.27. The van der Waals surface area contributed by atoms with Gasteiger partial charge in [-0.2, -0.15) is 0 Å². The minimum Gasteiger partial charge on any atom is -0.387 e. The van der Waals surface area contributed by atoms with E-state index in [9.17, 15) is 14.7 Å². The number of nitrogens with zero attached hydrogens (tertiary/aromatic N) is 2. The molecule has 1 aromatic heterocycles. The van der Waals surface area contributed by atoms with Gasteiger partial charge in [0.15, 0.2) is 5.78 Å². The van der Waals surface area contributed by atoms with Crippen LogP contribution in [0, 0.1) is 0 Å². The fourth-order valence-corrected chi connectivity index (χ4v) is 5.21. The Morgan fingerprint density at radius 3 is 2.58 bits per heavy atom. The Morgan fingerprint density at radius 2 is 1.79 bits per heavy atom. The van der Waals surface area contributed by atoms with Gasteiger partial charge in [-0.25, -0.2) is 4.98 Å². The van der Waals surface area contributed by atoms with Crippen LogP contribution in [0.25, 0.3) is 0 Å². The summed E-state index contributed by atoms with van der Waals surface area (Å²) in [7, 11) is 0. The zero-order valence-electron chi connectivity index (χ0n) is 18.6. The van der Waals surface area contributed by atoms with Crippen molar-refractivity contribution in [2.75, 3.05) is 0 Å². The highest BCUT2D eigenvalue weighted by atomic mass is 16.3. The predicted octanol–water partition coefficient (Wildman–Crippen LogP) is 2.94. The molecule has 0 saturated carbocycles. The number of nitrogens with one attached hydrogen (secondary N) is 1. The van der Waals surface area contributed by atoms with E-state index in [0.717, 1.165) is 30.4 Å². The Morgan fingerprint density at radius 1 is 1.03 bits per heavy atom. The van der Waals surface area contributed by atoms with Crippen molar-refractivity contribution < 1.29 is 9.90 Å². The van der Waals surface area contributed by atoms with Crippen LogP contribution in [-0.4, -0.2) is 32.5 Å². The van der Waals surface area contributed by atoms with Gasteiger partial charge in [0.1, 0.15) is 5.82 Å². The summed E-state index contributed by atoms with van der Waals surface area (Å²) in [6, 6.07) is 19.4. The molecule has 33 heavy (non-hydrogen) atoms. The number of aliphatic hydroxyl groups excluding tert-OH is 1. The number of hydrogen-bond donors (Lipinski definition) is 2. The van der Waals surface area contributed by atoms with Crippen LogP contribution in [0.4, 0.5) is 0 Å². The molecule has 6 nitrogen and oxygen atoms in total. The summed E-state index contributed by atoms with van der Waals surface area (Å²) in [5.41, 5.74) is 2.98. The molecule has 1 fully saturated rings. The van der Waals surface area contributed by atoms with Gasteiger partial charge in [-0.3, -0.25) is 14.2 Å². The van der Waals surface area contributed by atoms with Crippen LogP contribution in [-0.2, 0) is 24.1 Å². The molecule has 5 rings (SSSR count). The molecule has 0 unspecified atom stereocenters. The number of carbonyl (C=O) groups excluding carboxylic acids is 1. The van der Waals surface area contributed by atoms with Crippen LogP contribution in [0.1, 0.15) is 53.9 Å². The number of ketones is 1. The van der Waals surface area contributed by atoms with E-state index >= 15 is 0 Å². The van der Waals surface area contributed by atoms with Crippen LogP contribution < -0.4 is 10.9 Å². The van der Waals surface area contributed by atoms with Crippen molar-refractivity contribution in [3.8, 4) is 0 Å². The maximum absolute atomic E-state index is 12.9. The summed E-state index contributed by atoms with van der Waals surface area (Å²) in [5, 5.41) is 14.3. The maximum Gasteiger partial charge on any atom is 0.254 e. The lowest BCUT2D eigenvalue weighted by atomic mass is 9.98. The van der Waals surface area contributed by atoms with E-state index in [4.69, 9.17) is 0 Å². The Hall–Kier alpha value is -3.09. The average Bonchev–Trinajstić information content (AvgIpc) is 3.49. The van der Waals surface area contributed by atoms with E-state index in [-0.39, 0.29) is 17.4 Å². The Balaban J connectivity index is 1.17. The molecule has 0 amide bonds. The fraction of sp³-hybridized carbons (Fsp3) is 0.370. The second kappa shape index (κ2) is 9.41. The minimum atomic E-state index is -0.493. The molecule has 4 atom stereocenters. The summed E-state index contributed by atoms with van der Waals surface area (Å²) < 4.78 is 1.56. The number of aromatic nitrogens is 2. The van der Waals surface area contributed by atoms with Crippen LogP contribution in [0.5, 0.6) is 0 Å². The molecule has 170 valence electrons. The molecule has 2 N–H and O–H groups in total.